The summed E-state index contributed by atoms with van der Waals surface area (Å²) < 4.78 is 45.0. The monoisotopic (exact) mass is 330 g/mol. The van der Waals surface area contributed by atoms with Gasteiger partial charge >= 0.3 is 0 Å². The largest absolute Gasteiger partial charge is 0.384 e. The van der Waals surface area contributed by atoms with Crippen molar-refractivity contribution < 1.29 is 22.3 Å². The van der Waals surface area contributed by atoms with Gasteiger partial charge in [-0.15, -0.1) is 0 Å². The Balaban J connectivity index is 2.34. The Kier molecular flexibility index (Phi) is 4.84. The molecule has 0 saturated carbocycles. The Morgan fingerprint density at radius 2 is 2.14 bits per heavy atom. The highest BCUT2D eigenvalue weighted by molar-refractivity contribution is 7.89. The molecule has 2 N–H and O–H groups in total. The average molecular weight is 330 g/mol. The van der Waals surface area contributed by atoms with Gasteiger partial charge in [-0.25, -0.2) is 12.8 Å². The topological polar surface area (TPSA) is 89.7 Å². The summed E-state index contributed by atoms with van der Waals surface area (Å²) in [6, 6.07) is 3.61. The van der Waals surface area contributed by atoms with Gasteiger partial charge in [0.1, 0.15) is 5.82 Å². The number of hydrogen-bond donors (Lipinski definition) is 1. The van der Waals surface area contributed by atoms with E-state index in [9.17, 15) is 17.6 Å². The molecular formula is C14H19FN2O4S. The zero-order valence-corrected chi connectivity index (χ0v) is 13.3. The number of aryl methyl sites for hydroxylation is 1. The Labute approximate surface area is 129 Å². The third-order valence-corrected chi connectivity index (χ3v) is 5.90. The van der Waals surface area contributed by atoms with Gasteiger partial charge in [0.15, 0.2) is 0 Å². The molecule has 0 spiro atoms. The molecule has 1 aromatic rings. The van der Waals surface area contributed by atoms with Crippen molar-refractivity contribution in [3.63, 3.8) is 0 Å². The molecule has 0 radical (unpaired) electrons. The van der Waals surface area contributed by atoms with Crippen molar-refractivity contribution >= 4 is 15.9 Å². The van der Waals surface area contributed by atoms with Crippen molar-refractivity contribution in [3.8, 4) is 0 Å². The summed E-state index contributed by atoms with van der Waals surface area (Å²) in [4.78, 5) is 11.4. The fraction of sp³-hybridized carbons (Fsp3) is 0.500. The minimum Gasteiger partial charge on any atom is -0.384 e. The molecular weight excluding hydrogens is 311 g/mol. The maximum atomic E-state index is 13.4. The molecule has 8 heteroatoms. The summed E-state index contributed by atoms with van der Waals surface area (Å²) >= 11 is 0. The van der Waals surface area contributed by atoms with Crippen molar-refractivity contribution in [2.24, 2.45) is 17.6 Å². The second-order valence-corrected chi connectivity index (χ2v) is 7.36. The molecule has 1 saturated heterocycles. The normalized spacial score (nSPS) is 22.9. The summed E-state index contributed by atoms with van der Waals surface area (Å²) in [5, 5.41) is 0. The number of carbonyl (C=O) groups is 1. The lowest BCUT2D eigenvalue weighted by Crippen LogP contribution is -2.32. The molecule has 2 unspecified atom stereocenters. The van der Waals surface area contributed by atoms with E-state index < -0.39 is 27.7 Å². The number of primary amides is 1. The van der Waals surface area contributed by atoms with Crippen LogP contribution in [0.5, 0.6) is 0 Å². The second kappa shape index (κ2) is 6.31. The third-order valence-electron chi connectivity index (χ3n) is 3.92. The number of amides is 1. The third kappa shape index (κ3) is 3.13. The Bertz CT molecular complexity index is 677. The Morgan fingerprint density at radius 1 is 1.45 bits per heavy atom. The van der Waals surface area contributed by atoms with E-state index in [0.717, 1.165) is 6.07 Å². The lowest BCUT2D eigenvalue weighted by Gasteiger charge is -2.18. The number of ether oxygens (including phenoxy) is 1. The minimum absolute atomic E-state index is 0.0123. The van der Waals surface area contributed by atoms with Gasteiger partial charge in [0.25, 0.3) is 0 Å². The van der Waals surface area contributed by atoms with Crippen LogP contribution in [0.15, 0.2) is 23.1 Å². The first-order valence-electron chi connectivity index (χ1n) is 6.82. The number of nitrogens with two attached hydrogens (primary N) is 1. The van der Waals surface area contributed by atoms with Crippen LogP contribution < -0.4 is 5.73 Å². The first-order valence-corrected chi connectivity index (χ1v) is 8.26. The number of benzene rings is 1. The highest BCUT2D eigenvalue weighted by Gasteiger charge is 2.42. The Morgan fingerprint density at radius 3 is 2.73 bits per heavy atom. The van der Waals surface area contributed by atoms with Gasteiger partial charge in [-0.2, -0.15) is 4.31 Å². The maximum absolute atomic E-state index is 13.4. The SMILES string of the molecule is COCC1CN(S(=O)(=O)c2cc(F)ccc2C)CC1C(N)=O. The second-order valence-electron chi connectivity index (χ2n) is 5.46. The predicted octanol–water partition coefficient (Wildman–Crippen LogP) is 0.503. The number of carbonyl (C=O) groups excluding carboxylic acids is 1. The summed E-state index contributed by atoms with van der Waals surface area (Å²) in [5.41, 5.74) is 5.79. The number of nitrogens with zero attached hydrogens (tertiary/aromatic N) is 1. The summed E-state index contributed by atoms with van der Waals surface area (Å²) in [6.07, 6.45) is 0. The summed E-state index contributed by atoms with van der Waals surface area (Å²) in [7, 11) is -2.40. The van der Waals surface area contributed by atoms with E-state index in [4.69, 9.17) is 10.5 Å². The lowest BCUT2D eigenvalue weighted by molar-refractivity contribution is -0.122. The van der Waals surface area contributed by atoms with E-state index in [1.807, 2.05) is 0 Å². The molecule has 1 heterocycles. The number of methoxy groups -OCH3 is 1. The van der Waals surface area contributed by atoms with Crippen molar-refractivity contribution in [2.75, 3.05) is 26.8 Å². The van der Waals surface area contributed by atoms with Crippen LogP contribution in [0.1, 0.15) is 5.56 Å². The standard InChI is InChI=1S/C14H19FN2O4S/c1-9-3-4-11(15)5-13(9)22(19,20)17-6-10(8-21-2)12(7-17)14(16)18/h3-5,10,12H,6-8H2,1-2H3,(H2,16,18). The molecule has 1 aromatic carbocycles. The highest BCUT2D eigenvalue weighted by atomic mass is 32.2. The lowest BCUT2D eigenvalue weighted by atomic mass is 9.96. The summed E-state index contributed by atoms with van der Waals surface area (Å²) in [5.74, 6) is -2.09. The molecule has 0 aromatic heterocycles. The van der Waals surface area contributed by atoms with Crippen LogP contribution in [0.25, 0.3) is 0 Å². The number of hydrogen-bond acceptors (Lipinski definition) is 4. The molecule has 1 amide bonds. The average Bonchev–Trinajstić information content (AvgIpc) is 2.87. The molecule has 6 nitrogen and oxygen atoms in total. The maximum Gasteiger partial charge on any atom is 0.243 e. The zero-order chi connectivity index (χ0) is 16.5. The van der Waals surface area contributed by atoms with Crippen LogP contribution >= 0.6 is 0 Å². The van der Waals surface area contributed by atoms with E-state index in [1.165, 1.54) is 23.5 Å². The van der Waals surface area contributed by atoms with Gasteiger partial charge < -0.3 is 10.5 Å². The molecule has 1 aliphatic heterocycles. The fourth-order valence-corrected chi connectivity index (χ4v) is 4.48. The molecule has 122 valence electrons. The molecule has 0 bridgehead atoms. The van der Waals surface area contributed by atoms with E-state index in [1.54, 1.807) is 6.92 Å². The molecule has 0 aliphatic carbocycles. The van der Waals surface area contributed by atoms with Gasteiger partial charge in [0, 0.05) is 26.1 Å². The first-order chi connectivity index (χ1) is 10.3. The van der Waals surface area contributed by atoms with Crippen LogP contribution in [-0.4, -0.2) is 45.4 Å². The van der Waals surface area contributed by atoms with Gasteiger partial charge in [-0.3, -0.25) is 4.79 Å². The minimum atomic E-state index is -3.88. The molecule has 1 aliphatic rings. The van der Waals surface area contributed by atoms with Crippen LogP contribution in [0.4, 0.5) is 4.39 Å². The van der Waals surface area contributed by atoms with E-state index >= 15 is 0 Å². The van der Waals surface area contributed by atoms with E-state index in [0.29, 0.717) is 5.56 Å². The molecule has 22 heavy (non-hydrogen) atoms. The van der Waals surface area contributed by atoms with Crippen LogP contribution in [0, 0.1) is 24.6 Å². The predicted molar refractivity (Wildman–Crippen MR) is 77.9 cm³/mol. The van der Waals surface area contributed by atoms with Crippen molar-refractivity contribution in [1.29, 1.82) is 0 Å². The summed E-state index contributed by atoms with van der Waals surface area (Å²) in [6.45, 7) is 1.95. The van der Waals surface area contributed by atoms with Gasteiger partial charge in [-0.05, 0) is 24.6 Å². The molecule has 1 fully saturated rings. The van der Waals surface area contributed by atoms with Crippen molar-refractivity contribution in [1.82, 2.24) is 4.31 Å². The van der Waals surface area contributed by atoms with E-state index in [-0.39, 0.29) is 30.5 Å². The fourth-order valence-electron chi connectivity index (χ4n) is 2.72. The number of sulfonamides is 1. The smallest absolute Gasteiger partial charge is 0.243 e. The molecule has 2 rings (SSSR count). The molecule has 2 atom stereocenters. The van der Waals surface area contributed by atoms with Crippen LogP contribution in [0.3, 0.4) is 0 Å². The van der Waals surface area contributed by atoms with Crippen molar-refractivity contribution in [3.05, 3.63) is 29.6 Å². The van der Waals surface area contributed by atoms with Gasteiger partial charge in [0.2, 0.25) is 15.9 Å². The first kappa shape index (κ1) is 16.9. The van der Waals surface area contributed by atoms with Gasteiger partial charge in [-0.1, -0.05) is 6.07 Å². The van der Waals surface area contributed by atoms with E-state index in [2.05, 4.69) is 0 Å². The van der Waals surface area contributed by atoms with Crippen molar-refractivity contribution in [2.45, 2.75) is 11.8 Å². The van der Waals surface area contributed by atoms with Crippen LogP contribution in [-0.2, 0) is 19.6 Å². The highest BCUT2D eigenvalue weighted by Crippen LogP contribution is 2.30. The number of rotatable bonds is 5. The number of halogens is 1. The zero-order valence-electron chi connectivity index (χ0n) is 12.5. The quantitative estimate of drug-likeness (QED) is 0.851. The van der Waals surface area contributed by atoms with Gasteiger partial charge in [0.05, 0.1) is 17.4 Å². The Hall–Kier alpha value is -1.51. The van der Waals surface area contributed by atoms with Crippen LogP contribution in [0.2, 0.25) is 0 Å².